The predicted molar refractivity (Wildman–Crippen MR) is 83.1 cm³/mol. The monoisotopic (exact) mass is 291 g/mol. The number of hydrogen-bond donors (Lipinski definition) is 1. The van der Waals surface area contributed by atoms with Gasteiger partial charge in [-0.2, -0.15) is 0 Å². The Morgan fingerprint density at radius 2 is 2.05 bits per heavy atom. The van der Waals surface area contributed by atoms with Crippen molar-refractivity contribution in [3.63, 3.8) is 0 Å². The van der Waals surface area contributed by atoms with Crippen molar-refractivity contribution in [2.24, 2.45) is 0 Å². The van der Waals surface area contributed by atoms with Gasteiger partial charge in [0.15, 0.2) is 0 Å². The largest absolute Gasteiger partial charge is 0.497 e. The van der Waals surface area contributed by atoms with Crippen LogP contribution < -0.4 is 10.1 Å². The van der Waals surface area contributed by atoms with Crippen molar-refractivity contribution in [1.29, 1.82) is 0 Å². The summed E-state index contributed by atoms with van der Waals surface area (Å²) in [5.74, 6) is 0.908. The average molecular weight is 291 g/mol. The van der Waals surface area contributed by atoms with Crippen molar-refractivity contribution >= 4 is 5.69 Å². The molecule has 0 bridgehead atoms. The molecule has 3 rings (SSSR count). The first-order chi connectivity index (χ1) is 10.2. The van der Waals surface area contributed by atoms with E-state index in [1.807, 2.05) is 6.07 Å². The molecular weight excluding hydrogens is 266 g/mol. The summed E-state index contributed by atoms with van der Waals surface area (Å²) < 4.78 is 16.9. The van der Waals surface area contributed by atoms with Crippen LogP contribution in [0.5, 0.6) is 5.75 Å². The Morgan fingerprint density at radius 1 is 1.24 bits per heavy atom. The standard InChI is InChI=1S/C17H25NO3/c1-13-11-15(19-2)3-4-16(13)18-14-5-8-21-17(12-14)6-9-20-10-7-17/h3-4,11,14,18H,5-10,12H2,1-2H3. The first-order valence-corrected chi connectivity index (χ1v) is 7.84. The maximum absolute atomic E-state index is 6.10. The summed E-state index contributed by atoms with van der Waals surface area (Å²) in [6.07, 6.45) is 4.18. The van der Waals surface area contributed by atoms with E-state index in [-0.39, 0.29) is 5.60 Å². The van der Waals surface area contributed by atoms with E-state index >= 15 is 0 Å². The minimum Gasteiger partial charge on any atom is -0.497 e. The molecule has 4 nitrogen and oxygen atoms in total. The van der Waals surface area contributed by atoms with Crippen LogP contribution >= 0.6 is 0 Å². The summed E-state index contributed by atoms with van der Waals surface area (Å²) in [5.41, 5.74) is 2.46. The summed E-state index contributed by atoms with van der Waals surface area (Å²) in [6, 6.07) is 6.68. The van der Waals surface area contributed by atoms with Crippen LogP contribution in [0.1, 0.15) is 31.2 Å². The molecular formula is C17H25NO3. The van der Waals surface area contributed by atoms with Gasteiger partial charge in [0.25, 0.3) is 0 Å². The molecule has 1 aromatic carbocycles. The first kappa shape index (κ1) is 14.7. The minimum atomic E-state index is 0.0363. The lowest BCUT2D eigenvalue weighted by Gasteiger charge is -2.43. The number of nitrogens with one attached hydrogen (secondary N) is 1. The van der Waals surface area contributed by atoms with Crippen molar-refractivity contribution < 1.29 is 14.2 Å². The Kier molecular flexibility index (Phi) is 4.36. The fraction of sp³-hybridized carbons (Fsp3) is 0.647. The van der Waals surface area contributed by atoms with Crippen molar-refractivity contribution in [2.75, 3.05) is 32.2 Å². The average Bonchev–Trinajstić information content (AvgIpc) is 2.50. The van der Waals surface area contributed by atoms with Gasteiger partial charge in [0.2, 0.25) is 0 Å². The van der Waals surface area contributed by atoms with Crippen molar-refractivity contribution in [3.8, 4) is 5.75 Å². The fourth-order valence-corrected chi connectivity index (χ4v) is 3.39. The Hall–Kier alpha value is -1.26. The van der Waals surface area contributed by atoms with Crippen LogP contribution in [0.15, 0.2) is 18.2 Å². The number of methoxy groups -OCH3 is 1. The van der Waals surface area contributed by atoms with Crippen molar-refractivity contribution in [1.82, 2.24) is 0 Å². The first-order valence-electron chi connectivity index (χ1n) is 7.84. The van der Waals surface area contributed by atoms with Crippen LogP contribution in [-0.2, 0) is 9.47 Å². The zero-order chi connectivity index (χ0) is 14.7. The molecule has 2 aliphatic heterocycles. The summed E-state index contributed by atoms with van der Waals surface area (Å²) in [6.45, 7) is 4.61. The molecule has 2 fully saturated rings. The molecule has 0 saturated carbocycles. The number of benzene rings is 1. The molecule has 1 unspecified atom stereocenters. The van der Waals surface area contributed by atoms with Crippen LogP contribution in [0.25, 0.3) is 0 Å². The zero-order valence-electron chi connectivity index (χ0n) is 13.0. The number of ether oxygens (including phenoxy) is 3. The molecule has 0 radical (unpaired) electrons. The SMILES string of the molecule is COc1ccc(NC2CCOC3(CCOCC3)C2)c(C)c1. The van der Waals surface area contributed by atoms with E-state index in [1.165, 1.54) is 11.3 Å². The summed E-state index contributed by atoms with van der Waals surface area (Å²) in [4.78, 5) is 0. The van der Waals surface area contributed by atoms with Crippen LogP contribution in [0, 0.1) is 6.92 Å². The fourth-order valence-electron chi connectivity index (χ4n) is 3.39. The maximum atomic E-state index is 6.10. The van der Waals surface area contributed by atoms with Gasteiger partial charge in [0.05, 0.1) is 12.7 Å². The van der Waals surface area contributed by atoms with E-state index in [1.54, 1.807) is 7.11 Å². The predicted octanol–water partition coefficient (Wildman–Crippen LogP) is 3.14. The number of rotatable bonds is 3. The summed E-state index contributed by atoms with van der Waals surface area (Å²) in [5, 5.41) is 3.70. The second kappa shape index (κ2) is 6.24. The van der Waals surface area contributed by atoms with Crippen LogP contribution in [-0.4, -0.2) is 38.6 Å². The minimum absolute atomic E-state index is 0.0363. The molecule has 21 heavy (non-hydrogen) atoms. The van der Waals surface area contributed by atoms with Gasteiger partial charge in [-0.05, 0) is 56.4 Å². The quantitative estimate of drug-likeness (QED) is 0.928. The lowest BCUT2D eigenvalue weighted by Crippen LogP contribution is -2.47. The lowest BCUT2D eigenvalue weighted by molar-refractivity contribution is -0.135. The highest BCUT2D eigenvalue weighted by Gasteiger charge is 2.39. The van der Waals surface area contributed by atoms with E-state index in [4.69, 9.17) is 14.2 Å². The molecule has 0 amide bonds. The normalized spacial score (nSPS) is 24.8. The molecule has 116 valence electrons. The third-order valence-electron chi connectivity index (χ3n) is 4.69. The molecule has 1 N–H and O–H groups in total. The molecule has 0 aliphatic carbocycles. The summed E-state index contributed by atoms with van der Waals surface area (Å²) >= 11 is 0. The van der Waals surface area contributed by atoms with Gasteiger partial charge in [-0.25, -0.2) is 0 Å². The van der Waals surface area contributed by atoms with E-state index in [9.17, 15) is 0 Å². The lowest BCUT2D eigenvalue weighted by atomic mass is 9.84. The van der Waals surface area contributed by atoms with Crippen LogP contribution in [0.3, 0.4) is 0 Å². The molecule has 4 heteroatoms. The number of hydrogen-bond acceptors (Lipinski definition) is 4. The van der Waals surface area contributed by atoms with Gasteiger partial charge in [-0.1, -0.05) is 0 Å². The Balaban J connectivity index is 1.67. The van der Waals surface area contributed by atoms with E-state index in [0.29, 0.717) is 6.04 Å². The third-order valence-corrected chi connectivity index (χ3v) is 4.69. The Bertz CT molecular complexity index is 477. The van der Waals surface area contributed by atoms with E-state index in [0.717, 1.165) is 51.3 Å². The summed E-state index contributed by atoms with van der Waals surface area (Å²) in [7, 11) is 1.70. The highest BCUT2D eigenvalue weighted by Crippen LogP contribution is 2.35. The maximum Gasteiger partial charge on any atom is 0.119 e. The molecule has 2 saturated heterocycles. The number of aryl methyl sites for hydroxylation is 1. The second-order valence-corrected chi connectivity index (χ2v) is 6.16. The third kappa shape index (κ3) is 3.33. The van der Waals surface area contributed by atoms with Crippen molar-refractivity contribution in [3.05, 3.63) is 23.8 Å². The van der Waals surface area contributed by atoms with Gasteiger partial charge >= 0.3 is 0 Å². The molecule has 1 atom stereocenters. The zero-order valence-corrected chi connectivity index (χ0v) is 13.0. The van der Waals surface area contributed by atoms with Gasteiger partial charge in [0.1, 0.15) is 5.75 Å². The molecule has 2 heterocycles. The van der Waals surface area contributed by atoms with Gasteiger partial charge in [-0.15, -0.1) is 0 Å². The number of anilines is 1. The van der Waals surface area contributed by atoms with Crippen LogP contribution in [0.2, 0.25) is 0 Å². The highest BCUT2D eigenvalue weighted by molar-refractivity contribution is 5.54. The van der Waals surface area contributed by atoms with Crippen LogP contribution in [0.4, 0.5) is 5.69 Å². The molecule has 2 aliphatic rings. The van der Waals surface area contributed by atoms with Gasteiger partial charge < -0.3 is 19.5 Å². The molecule has 1 spiro atoms. The smallest absolute Gasteiger partial charge is 0.119 e. The Morgan fingerprint density at radius 3 is 2.76 bits per heavy atom. The van der Waals surface area contributed by atoms with Crippen molar-refractivity contribution in [2.45, 2.75) is 44.2 Å². The molecule has 1 aromatic rings. The van der Waals surface area contributed by atoms with E-state index < -0.39 is 0 Å². The molecule has 0 aromatic heterocycles. The second-order valence-electron chi connectivity index (χ2n) is 6.16. The van der Waals surface area contributed by atoms with Gasteiger partial charge in [-0.3, -0.25) is 0 Å². The highest BCUT2D eigenvalue weighted by atomic mass is 16.5. The van der Waals surface area contributed by atoms with E-state index in [2.05, 4.69) is 24.4 Å². The Labute approximate surface area is 126 Å². The van der Waals surface area contributed by atoms with Gasteiger partial charge in [0, 0.05) is 31.5 Å². The topological polar surface area (TPSA) is 39.7 Å².